The Bertz CT molecular complexity index is 397. The highest BCUT2D eigenvalue weighted by molar-refractivity contribution is 9.10. The first-order valence-corrected chi connectivity index (χ1v) is 6.67. The second-order valence-electron chi connectivity index (χ2n) is 4.34. The minimum Gasteiger partial charge on any atom is -0.307 e. The third kappa shape index (κ3) is 4.60. The molecule has 0 aliphatic heterocycles. The Labute approximate surface area is 111 Å². The van der Waals surface area contributed by atoms with Crippen LogP contribution in [0, 0.1) is 5.82 Å². The summed E-state index contributed by atoms with van der Waals surface area (Å²) in [4.78, 5) is 0. The lowest BCUT2D eigenvalue weighted by Crippen LogP contribution is -2.21. The van der Waals surface area contributed by atoms with Crippen molar-refractivity contribution in [2.45, 2.75) is 33.2 Å². The van der Waals surface area contributed by atoms with E-state index in [1.165, 1.54) is 11.6 Å². The molecular formula is C14H19BrFN. The van der Waals surface area contributed by atoms with Crippen LogP contribution in [0.25, 0.3) is 0 Å². The fourth-order valence-electron chi connectivity index (χ4n) is 1.64. The van der Waals surface area contributed by atoms with E-state index < -0.39 is 0 Å². The monoisotopic (exact) mass is 299 g/mol. The second-order valence-corrected chi connectivity index (χ2v) is 5.20. The van der Waals surface area contributed by atoms with Gasteiger partial charge in [-0.05, 0) is 50.6 Å². The zero-order chi connectivity index (χ0) is 12.8. The highest BCUT2D eigenvalue weighted by Crippen LogP contribution is 2.26. The highest BCUT2D eigenvalue weighted by atomic mass is 79.9. The molecule has 1 N–H and O–H groups in total. The number of hydrogen-bond donors (Lipinski definition) is 1. The Morgan fingerprint density at radius 1 is 1.47 bits per heavy atom. The molecule has 3 heteroatoms. The van der Waals surface area contributed by atoms with Crippen molar-refractivity contribution < 1.29 is 4.39 Å². The van der Waals surface area contributed by atoms with Crippen LogP contribution in [0.4, 0.5) is 4.39 Å². The summed E-state index contributed by atoms with van der Waals surface area (Å²) < 4.78 is 14.2. The molecule has 0 saturated heterocycles. The van der Waals surface area contributed by atoms with Crippen LogP contribution in [0.2, 0.25) is 0 Å². The molecular weight excluding hydrogens is 281 g/mol. The zero-order valence-electron chi connectivity index (χ0n) is 10.6. The van der Waals surface area contributed by atoms with Gasteiger partial charge in [0.15, 0.2) is 0 Å². The van der Waals surface area contributed by atoms with Gasteiger partial charge in [-0.25, -0.2) is 4.39 Å². The fraction of sp³-hybridized carbons (Fsp3) is 0.429. The molecule has 17 heavy (non-hydrogen) atoms. The number of rotatable bonds is 5. The van der Waals surface area contributed by atoms with Crippen molar-refractivity contribution in [1.29, 1.82) is 0 Å². The van der Waals surface area contributed by atoms with E-state index in [4.69, 9.17) is 0 Å². The van der Waals surface area contributed by atoms with E-state index in [1.807, 2.05) is 13.8 Å². The lowest BCUT2D eigenvalue weighted by Gasteiger charge is -2.17. The summed E-state index contributed by atoms with van der Waals surface area (Å²) in [5.41, 5.74) is 2.16. The van der Waals surface area contributed by atoms with E-state index in [0.29, 0.717) is 0 Å². The Morgan fingerprint density at radius 2 is 2.18 bits per heavy atom. The summed E-state index contributed by atoms with van der Waals surface area (Å²) in [6.45, 7) is 7.13. The smallest absolute Gasteiger partial charge is 0.123 e. The molecule has 1 aromatic carbocycles. The molecule has 0 spiro atoms. The average Bonchev–Trinajstić information content (AvgIpc) is 2.27. The zero-order valence-corrected chi connectivity index (χ0v) is 12.1. The molecule has 1 aromatic rings. The maximum Gasteiger partial charge on any atom is 0.123 e. The minimum atomic E-state index is -0.200. The van der Waals surface area contributed by atoms with E-state index in [2.05, 4.69) is 34.2 Å². The van der Waals surface area contributed by atoms with E-state index >= 15 is 0 Å². The van der Waals surface area contributed by atoms with Gasteiger partial charge in [0.05, 0.1) is 6.04 Å². The Hall–Kier alpha value is -0.670. The topological polar surface area (TPSA) is 12.0 Å². The number of nitrogens with one attached hydrogen (secondary N) is 1. The predicted octanol–water partition coefficient (Wildman–Crippen LogP) is 4.60. The molecule has 1 rings (SSSR count). The third-order valence-corrected chi connectivity index (χ3v) is 3.13. The van der Waals surface area contributed by atoms with Gasteiger partial charge in [0.1, 0.15) is 5.82 Å². The van der Waals surface area contributed by atoms with Gasteiger partial charge in [-0.15, -0.1) is 0 Å². The summed E-state index contributed by atoms with van der Waals surface area (Å²) in [7, 11) is 0. The molecule has 0 bridgehead atoms. The minimum absolute atomic E-state index is 0.0602. The Balaban J connectivity index is 3.03. The molecule has 0 radical (unpaired) electrons. The van der Waals surface area contributed by atoms with E-state index in [0.717, 1.165) is 23.0 Å². The Kier molecular flexibility index (Phi) is 5.86. The summed E-state index contributed by atoms with van der Waals surface area (Å²) in [5.74, 6) is -0.200. The van der Waals surface area contributed by atoms with Gasteiger partial charge >= 0.3 is 0 Å². The van der Waals surface area contributed by atoms with Gasteiger partial charge in [-0.1, -0.05) is 34.5 Å². The SMILES string of the molecule is CCCNC(C=C(C)C)c1cc(F)ccc1Br. The Morgan fingerprint density at radius 3 is 2.76 bits per heavy atom. The van der Waals surface area contributed by atoms with Crippen LogP contribution < -0.4 is 5.32 Å². The molecule has 1 nitrogen and oxygen atoms in total. The fourth-order valence-corrected chi connectivity index (χ4v) is 2.14. The molecule has 0 heterocycles. The van der Waals surface area contributed by atoms with Gasteiger partial charge in [-0.3, -0.25) is 0 Å². The maximum atomic E-state index is 13.3. The molecule has 94 valence electrons. The van der Waals surface area contributed by atoms with E-state index in [1.54, 1.807) is 12.1 Å². The summed E-state index contributed by atoms with van der Waals surface area (Å²) in [6, 6.07) is 4.86. The van der Waals surface area contributed by atoms with Crippen molar-refractivity contribution in [2.24, 2.45) is 0 Å². The maximum absolute atomic E-state index is 13.3. The van der Waals surface area contributed by atoms with Gasteiger partial charge in [0.25, 0.3) is 0 Å². The summed E-state index contributed by atoms with van der Waals surface area (Å²) >= 11 is 3.48. The average molecular weight is 300 g/mol. The number of benzene rings is 1. The van der Waals surface area contributed by atoms with Crippen LogP contribution in [0.3, 0.4) is 0 Å². The molecule has 0 saturated carbocycles. The molecule has 0 aliphatic carbocycles. The van der Waals surface area contributed by atoms with Crippen molar-refractivity contribution in [3.63, 3.8) is 0 Å². The lowest BCUT2D eigenvalue weighted by atomic mass is 10.0. The van der Waals surface area contributed by atoms with Crippen LogP contribution in [0.5, 0.6) is 0 Å². The van der Waals surface area contributed by atoms with Crippen LogP contribution >= 0.6 is 15.9 Å². The van der Waals surface area contributed by atoms with Crippen molar-refractivity contribution in [3.8, 4) is 0 Å². The first kappa shape index (κ1) is 14.4. The van der Waals surface area contributed by atoms with Crippen LogP contribution in [0.1, 0.15) is 38.8 Å². The van der Waals surface area contributed by atoms with Crippen molar-refractivity contribution in [3.05, 3.63) is 45.7 Å². The van der Waals surface area contributed by atoms with Crippen LogP contribution in [-0.2, 0) is 0 Å². The van der Waals surface area contributed by atoms with Crippen molar-refractivity contribution in [2.75, 3.05) is 6.54 Å². The highest BCUT2D eigenvalue weighted by Gasteiger charge is 2.12. The molecule has 0 aromatic heterocycles. The van der Waals surface area contributed by atoms with Gasteiger partial charge in [0, 0.05) is 4.47 Å². The number of hydrogen-bond acceptors (Lipinski definition) is 1. The molecule has 0 aliphatic rings. The van der Waals surface area contributed by atoms with Crippen LogP contribution in [0.15, 0.2) is 34.3 Å². The van der Waals surface area contributed by atoms with E-state index in [9.17, 15) is 4.39 Å². The largest absolute Gasteiger partial charge is 0.307 e. The normalized spacial score (nSPS) is 12.3. The van der Waals surface area contributed by atoms with Gasteiger partial charge in [0.2, 0.25) is 0 Å². The second kappa shape index (κ2) is 6.92. The summed E-state index contributed by atoms with van der Waals surface area (Å²) in [5, 5.41) is 3.41. The van der Waals surface area contributed by atoms with Crippen molar-refractivity contribution >= 4 is 15.9 Å². The van der Waals surface area contributed by atoms with E-state index in [-0.39, 0.29) is 11.9 Å². The van der Waals surface area contributed by atoms with Crippen molar-refractivity contribution in [1.82, 2.24) is 5.32 Å². The van der Waals surface area contributed by atoms with Gasteiger partial charge < -0.3 is 5.32 Å². The number of allylic oxidation sites excluding steroid dienone is 1. The third-order valence-electron chi connectivity index (χ3n) is 2.41. The van der Waals surface area contributed by atoms with Crippen LogP contribution in [-0.4, -0.2) is 6.54 Å². The van der Waals surface area contributed by atoms with Gasteiger partial charge in [-0.2, -0.15) is 0 Å². The lowest BCUT2D eigenvalue weighted by molar-refractivity contribution is 0.592. The predicted molar refractivity (Wildman–Crippen MR) is 74.6 cm³/mol. The molecule has 1 unspecified atom stereocenters. The number of halogens is 2. The molecule has 0 fully saturated rings. The standard InChI is InChI=1S/C14H19BrFN/c1-4-7-17-14(8-10(2)3)12-9-11(16)5-6-13(12)15/h5-6,8-9,14,17H,4,7H2,1-3H3. The molecule has 1 atom stereocenters. The molecule has 0 amide bonds. The quantitative estimate of drug-likeness (QED) is 0.784. The first-order valence-electron chi connectivity index (χ1n) is 5.88. The first-order chi connectivity index (χ1) is 8.04. The summed E-state index contributed by atoms with van der Waals surface area (Å²) in [6.07, 6.45) is 3.18.